The number of allylic oxidation sites excluding steroid dienone is 3. The van der Waals surface area contributed by atoms with Crippen LogP contribution in [0.5, 0.6) is 0 Å². The molecule has 0 fully saturated rings. The number of rotatable bonds is 17. The molecule has 4 nitrogen and oxygen atoms in total. The van der Waals surface area contributed by atoms with Crippen LogP contribution in [0.2, 0.25) is 0 Å². The first kappa shape index (κ1) is 30.1. The lowest BCUT2D eigenvalue weighted by atomic mass is 9.88. The van der Waals surface area contributed by atoms with Crippen LogP contribution in [0.4, 0.5) is 0 Å². The van der Waals surface area contributed by atoms with Gasteiger partial charge in [0.05, 0.1) is 0 Å². The SMILES string of the molecule is C=C=CC=C(c1cccc(CC(=O)CC(CC)CCCN(CCC)C(=O)c2ccc[nH]2)c1)C(C)CCC. The zero-order chi connectivity index (χ0) is 27.0. The molecule has 0 aliphatic rings. The lowest BCUT2D eigenvalue weighted by Crippen LogP contribution is -2.33. The van der Waals surface area contributed by atoms with Crippen LogP contribution in [-0.2, 0) is 11.2 Å². The fourth-order valence-electron chi connectivity index (χ4n) is 5.00. The Morgan fingerprint density at radius 3 is 2.54 bits per heavy atom. The molecule has 1 aromatic carbocycles. The van der Waals surface area contributed by atoms with E-state index in [2.05, 4.69) is 75.3 Å². The molecule has 1 heterocycles. The van der Waals surface area contributed by atoms with Gasteiger partial charge in [-0.05, 0) is 72.4 Å². The minimum Gasteiger partial charge on any atom is -0.357 e. The highest BCUT2D eigenvalue weighted by atomic mass is 16.2. The number of H-pyrrole nitrogens is 1. The van der Waals surface area contributed by atoms with Crippen molar-refractivity contribution < 1.29 is 9.59 Å². The minimum absolute atomic E-state index is 0.0566. The van der Waals surface area contributed by atoms with Crippen molar-refractivity contribution in [3.05, 3.63) is 83.9 Å². The standard InChI is InChI=1S/C33H46N2O2/c1-6-10-18-31(26(5)14-7-2)29-17-11-15-28(23-29)25-30(36)24-27(9-4)16-13-22-35(21-8-3)33(37)32-19-12-20-34-32/h10-12,15,17-20,23,26-27,34H,1,7-9,13-14,16,21-22,24-25H2,2-5H3. The van der Waals surface area contributed by atoms with Gasteiger partial charge in [0.1, 0.15) is 11.5 Å². The van der Waals surface area contributed by atoms with Gasteiger partial charge in [0.15, 0.2) is 0 Å². The Kier molecular flexibility index (Phi) is 13.5. The second kappa shape index (κ2) is 16.6. The number of aromatic nitrogens is 1. The van der Waals surface area contributed by atoms with Gasteiger partial charge < -0.3 is 9.88 Å². The Bertz CT molecular complexity index is 1040. The van der Waals surface area contributed by atoms with Crippen molar-refractivity contribution in [2.24, 2.45) is 11.8 Å². The third-order valence-corrected chi connectivity index (χ3v) is 7.04. The van der Waals surface area contributed by atoms with Crippen molar-refractivity contribution in [3.8, 4) is 0 Å². The van der Waals surface area contributed by atoms with Crippen molar-refractivity contribution in [1.29, 1.82) is 0 Å². The molecule has 1 aromatic heterocycles. The molecule has 2 aromatic rings. The first-order valence-corrected chi connectivity index (χ1v) is 14.0. The maximum atomic E-state index is 13.0. The Hall–Kier alpha value is -3.10. The second-order valence-electron chi connectivity index (χ2n) is 10.1. The molecule has 2 unspecified atom stereocenters. The first-order valence-electron chi connectivity index (χ1n) is 14.0. The number of amides is 1. The molecular formula is C33H46N2O2. The number of ketones is 1. The quantitative estimate of drug-likeness (QED) is 0.176. The van der Waals surface area contributed by atoms with Crippen molar-refractivity contribution in [3.63, 3.8) is 0 Å². The highest BCUT2D eigenvalue weighted by Crippen LogP contribution is 2.28. The van der Waals surface area contributed by atoms with Gasteiger partial charge in [0.2, 0.25) is 0 Å². The molecule has 2 rings (SSSR count). The Balaban J connectivity index is 1.96. The second-order valence-corrected chi connectivity index (χ2v) is 10.1. The molecule has 0 radical (unpaired) electrons. The van der Waals surface area contributed by atoms with Gasteiger partial charge in [-0.15, -0.1) is 5.73 Å². The number of benzene rings is 1. The number of carbonyl (C=O) groups excluding carboxylic acids is 2. The smallest absolute Gasteiger partial charge is 0.270 e. The van der Waals surface area contributed by atoms with Crippen LogP contribution in [0.25, 0.3) is 5.57 Å². The highest BCUT2D eigenvalue weighted by Gasteiger charge is 2.18. The summed E-state index contributed by atoms with van der Waals surface area (Å²) >= 11 is 0. The number of hydrogen-bond acceptors (Lipinski definition) is 2. The van der Waals surface area contributed by atoms with E-state index in [0.717, 1.165) is 57.2 Å². The van der Waals surface area contributed by atoms with Gasteiger partial charge in [-0.3, -0.25) is 9.59 Å². The van der Waals surface area contributed by atoms with Crippen LogP contribution in [-0.4, -0.2) is 34.7 Å². The largest absolute Gasteiger partial charge is 0.357 e. The van der Waals surface area contributed by atoms with Crippen LogP contribution in [0.15, 0.2) is 67.1 Å². The van der Waals surface area contributed by atoms with E-state index in [9.17, 15) is 9.59 Å². The van der Waals surface area contributed by atoms with E-state index in [0.29, 0.717) is 30.4 Å². The van der Waals surface area contributed by atoms with Gasteiger partial charge in [0.25, 0.3) is 5.91 Å². The van der Waals surface area contributed by atoms with Crippen molar-refractivity contribution in [1.82, 2.24) is 9.88 Å². The molecule has 0 aliphatic heterocycles. The normalized spacial score (nSPS) is 13.0. The van der Waals surface area contributed by atoms with Crippen molar-refractivity contribution >= 4 is 17.3 Å². The van der Waals surface area contributed by atoms with Crippen LogP contribution in [0.1, 0.15) is 94.3 Å². The number of carbonyl (C=O) groups is 2. The molecule has 2 atom stereocenters. The molecule has 4 heteroatoms. The average Bonchev–Trinajstić information content (AvgIpc) is 3.43. The summed E-state index contributed by atoms with van der Waals surface area (Å²) in [6, 6.07) is 12.1. The average molecular weight is 503 g/mol. The molecular weight excluding hydrogens is 456 g/mol. The molecule has 0 saturated heterocycles. The minimum atomic E-state index is 0.0566. The highest BCUT2D eigenvalue weighted by molar-refractivity contribution is 5.92. The molecule has 37 heavy (non-hydrogen) atoms. The molecule has 0 saturated carbocycles. The summed E-state index contributed by atoms with van der Waals surface area (Å²) in [7, 11) is 0. The van der Waals surface area contributed by atoms with Gasteiger partial charge in [0, 0.05) is 32.1 Å². The summed E-state index contributed by atoms with van der Waals surface area (Å²) < 4.78 is 0. The Morgan fingerprint density at radius 1 is 1.08 bits per heavy atom. The zero-order valence-corrected chi connectivity index (χ0v) is 23.4. The molecule has 0 aliphatic carbocycles. The van der Waals surface area contributed by atoms with Crippen LogP contribution >= 0.6 is 0 Å². The number of nitrogens with zero attached hydrogens (tertiary/aromatic N) is 1. The predicted molar refractivity (Wildman–Crippen MR) is 156 cm³/mol. The fourth-order valence-corrected chi connectivity index (χ4v) is 5.00. The number of aromatic amines is 1. The molecule has 1 N–H and O–H groups in total. The molecule has 0 bridgehead atoms. The zero-order valence-electron chi connectivity index (χ0n) is 23.4. The number of nitrogens with one attached hydrogen (secondary N) is 1. The molecule has 1 amide bonds. The maximum absolute atomic E-state index is 13.0. The van der Waals surface area contributed by atoms with Crippen LogP contribution in [0, 0.1) is 11.8 Å². The van der Waals surface area contributed by atoms with E-state index in [4.69, 9.17) is 0 Å². The lowest BCUT2D eigenvalue weighted by molar-refractivity contribution is -0.119. The van der Waals surface area contributed by atoms with E-state index < -0.39 is 0 Å². The molecule has 200 valence electrons. The van der Waals surface area contributed by atoms with Gasteiger partial charge in [-0.25, -0.2) is 0 Å². The predicted octanol–water partition coefficient (Wildman–Crippen LogP) is 8.04. The third kappa shape index (κ3) is 10.1. The van der Waals surface area contributed by atoms with Gasteiger partial charge in [-0.1, -0.05) is 77.5 Å². The number of hydrogen-bond donors (Lipinski definition) is 1. The summed E-state index contributed by atoms with van der Waals surface area (Å²) in [6.07, 6.45) is 12.8. The van der Waals surface area contributed by atoms with Gasteiger partial charge in [-0.2, -0.15) is 0 Å². The lowest BCUT2D eigenvalue weighted by Gasteiger charge is -2.23. The number of Topliss-reactive ketones (excluding diaryl/α,β-unsaturated/α-hetero) is 1. The third-order valence-electron chi connectivity index (χ3n) is 7.04. The van der Waals surface area contributed by atoms with Crippen LogP contribution in [0.3, 0.4) is 0 Å². The topological polar surface area (TPSA) is 53.2 Å². The van der Waals surface area contributed by atoms with E-state index in [1.165, 1.54) is 11.1 Å². The summed E-state index contributed by atoms with van der Waals surface area (Å²) in [4.78, 5) is 30.7. The van der Waals surface area contributed by atoms with Gasteiger partial charge >= 0.3 is 0 Å². The van der Waals surface area contributed by atoms with E-state index in [1.54, 1.807) is 6.20 Å². The fraction of sp³-hybridized carbons (Fsp3) is 0.485. The Morgan fingerprint density at radius 2 is 1.89 bits per heavy atom. The first-order chi connectivity index (χ1) is 17.9. The summed E-state index contributed by atoms with van der Waals surface area (Å²) in [6.45, 7) is 13.9. The maximum Gasteiger partial charge on any atom is 0.270 e. The van der Waals surface area contributed by atoms with E-state index in [1.807, 2.05) is 23.1 Å². The monoisotopic (exact) mass is 502 g/mol. The van der Waals surface area contributed by atoms with E-state index >= 15 is 0 Å². The summed E-state index contributed by atoms with van der Waals surface area (Å²) in [5.41, 5.74) is 7.01. The Labute approximate surface area is 224 Å². The summed E-state index contributed by atoms with van der Waals surface area (Å²) in [5.74, 6) is 1.12. The van der Waals surface area contributed by atoms with Crippen molar-refractivity contribution in [2.45, 2.75) is 79.1 Å². The van der Waals surface area contributed by atoms with Crippen molar-refractivity contribution in [2.75, 3.05) is 13.1 Å². The molecule has 0 spiro atoms. The van der Waals surface area contributed by atoms with E-state index in [-0.39, 0.29) is 11.7 Å². The van der Waals surface area contributed by atoms with Crippen LogP contribution < -0.4 is 0 Å². The summed E-state index contributed by atoms with van der Waals surface area (Å²) in [5, 5.41) is 0.